The minimum atomic E-state index is -0.380. The number of rotatable bonds is 4. The summed E-state index contributed by atoms with van der Waals surface area (Å²) in [6.07, 6.45) is 5.93. The van der Waals surface area contributed by atoms with Gasteiger partial charge in [-0.3, -0.25) is 0 Å². The van der Waals surface area contributed by atoms with Gasteiger partial charge in [-0.1, -0.05) is 45.9 Å². The maximum atomic E-state index is 11.6. The zero-order chi connectivity index (χ0) is 20.7. The Kier molecular flexibility index (Phi) is 5.11. The normalized spacial score (nSPS) is 22.2. The highest BCUT2D eigenvalue weighted by Gasteiger charge is 2.50. The first kappa shape index (κ1) is 20.5. The van der Waals surface area contributed by atoms with Crippen molar-refractivity contribution >= 4 is 18.5 Å². The van der Waals surface area contributed by atoms with Crippen molar-refractivity contribution in [3.8, 4) is 0 Å². The van der Waals surface area contributed by atoms with Crippen LogP contribution in [-0.2, 0) is 25.8 Å². The molecule has 150 valence electrons. The van der Waals surface area contributed by atoms with Gasteiger partial charge in [0.2, 0.25) is 0 Å². The average molecular weight is 381 g/mol. The van der Waals surface area contributed by atoms with Gasteiger partial charge in [0.1, 0.15) is 5.84 Å². The summed E-state index contributed by atoms with van der Waals surface area (Å²) in [6.45, 7) is 14.8. The van der Waals surface area contributed by atoms with Gasteiger partial charge in [0.15, 0.2) is 0 Å². The molecule has 0 atom stereocenters. The number of hydrogen-bond donors (Lipinski definition) is 0. The highest BCUT2D eigenvalue weighted by molar-refractivity contribution is 5.99. The second-order valence-electron chi connectivity index (χ2n) is 9.52. The van der Waals surface area contributed by atoms with Crippen molar-refractivity contribution in [1.29, 1.82) is 0 Å². The summed E-state index contributed by atoms with van der Waals surface area (Å²) in [5.74, 6) is 0.304. The van der Waals surface area contributed by atoms with Gasteiger partial charge >= 0.3 is 5.97 Å². The van der Waals surface area contributed by atoms with Crippen LogP contribution in [0.2, 0.25) is 0 Å². The molecule has 1 saturated carbocycles. The number of aliphatic imine (C=N–C) groups is 2. The van der Waals surface area contributed by atoms with Crippen LogP contribution in [0.5, 0.6) is 0 Å². The Labute approximate surface area is 168 Å². The molecular weight excluding hydrogens is 348 g/mol. The second kappa shape index (κ2) is 6.98. The van der Waals surface area contributed by atoms with Crippen LogP contribution < -0.4 is 0 Å². The fraction of sp³-hybridized carbons (Fsp3) is 0.542. The Morgan fingerprint density at radius 1 is 1.07 bits per heavy atom. The van der Waals surface area contributed by atoms with Crippen molar-refractivity contribution in [2.45, 2.75) is 76.5 Å². The smallest absolute Gasteiger partial charge is 0.334 e. The third-order valence-corrected chi connectivity index (χ3v) is 6.62. The SMILES string of the molecule is C=NC(=N/C=C(\C)C(=O)OC)C1(c2ccc3c(c2)C(C)(C)CCC3(C)C)CC1. The van der Waals surface area contributed by atoms with Crippen molar-refractivity contribution in [1.82, 2.24) is 0 Å². The summed E-state index contributed by atoms with van der Waals surface area (Å²) in [5.41, 5.74) is 4.78. The molecule has 0 aromatic heterocycles. The summed E-state index contributed by atoms with van der Waals surface area (Å²) in [5, 5.41) is 0. The van der Waals surface area contributed by atoms with Gasteiger partial charge in [0, 0.05) is 6.20 Å². The fourth-order valence-electron chi connectivity index (χ4n) is 4.34. The quantitative estimate of drug-likeness (QED) is 0.310. The molecule has 2 aliphatic rings. The van der Waals surface area contributed by atoms with Crippen LogP contribution in [0.4, 0.5) is 0 Å². The van der Waals surface area contributed by atoms with Gasteiger partial charge in [-0.15, -0.1) is 0 Å². The van der Waals surface area contributed by atoms with Crippen LogP contribution in [-0.4, -0.2) is 25.6 Å². The van der Waals surface area contributed by atoms with E-state index in [1.165, 1.54) is 36.6 Å². The lowest BCUT2D eigenvalue weighted by molar-refractivity contribution is -0.136. The molecule has 1 aromatic carbocycles. The van der Waals surface area contributed by atoms with Crippen molar-refractivity contribution in [2.75, 3.05) is 7.11 Å². The molecule has 0 bridgehead atoms. The number of hydrogen-bond acceptors (Lipinski definition) is 3. The van der Waals surface area contributed by atoms with E-state index in [-0.39, 0.29) is 22.2 Å². The van der Waals surface area contributed by atoms with Gasteiger partial charge < -0.3 is 4.74 Å². The summed E-state index contributed by atoms with van der Waals surface area (Å²) < 4.78 is 4.75. The number of ether oxygens (including phenoxy) is 1. The average Bonchev–Trinajstić information content (AvgIpc) is 3.46. The van der Waals surface area contributed by atoms with Crippen LogP contribution in [0.3, 0.4) is 0 Å². The van der Waals surface area contributed by atoms with E-state index in [9.17, 15) is 4.79 Å². The molecule has 0 unspecified atom stereocenters. The van der Waals surface area contributed by atoms with E-state index in [0.717, 1.165) is 12.8 Å². The van der Waals surface area contributed by atoms with Crippen molar-refractivity contribution < 1.29 is 9.53 Å². The molecule has 0 saturated heterocycles. The number of carbonyl (C=O) groups excluding carboxylic acids is 1. The molecule has 0 spiro atoms. The number of amidine groups is 1. The first-order valence-corrected chi connectivity index (χ1v) is 10.0. The zero-order valence-electron chi connectivity index (χ0n) is 18.1. The third-order valence-electron chi connectivity index (χ3n) is 6.62. The van der Waals surface area contributed by atoms with Gasteiger partial charge in [-0.05, 0) is 66.8 Å². The van der Waals surface area contributed by atoms with Crippen molar-refractivity contribution in [3.63, 3.8) is 0 Å². The number of nitrogens with zero attached hydrogens (tertiary/aromatic N) is 2. The maximum Gasteiger partial charge on any atom is 0.334 e. The molecule has 2 aliphatic carbocycles. The zero-order valence-corrected chi connectivity index (χ0v) is 18.1. The van der Waals surface area contributed by atoms with E-state index in [1.54, 1.807) is 13.1 Å². The number of fused-ring (bicyclic) bond motifs is 1. The lowest BCUT2D eigenvalue weighted by atomic mass is 9.62. The van der Waals surface area contributed by atoms with Crippen LogP contribution in [0.25, 0.3) is 0 Å². The molecule has 1 fully saturated rings. The minimum absolute atomic E-state index is 0.164. The molecule has 4 nitrogen and oxygen atoms in total. The molecule has 3 rings (SSSR count). The lowest BCUT2D eigenvalue weighted by Gasteiger charge is -2.42. The molecule has 1 aromatic rings. The summed E-state index contributed by atoms with van der Waals surface area (Å²) in [6, 6.07) is 6.93. The number of benzene rings is 1. The Hall–Kier alpha value is -2.23. The summed E-state index contributed by atoms with van der Waals surface area (Å²) >= 11 is 0. The molecule has 0 radical (unpaired) electrons. The highest BCUT2D eigenvalue weighted by Crippen LogP contribution is 2.53. The van der Waals surface area contributed by atoms with E-state index in [2.05, 4.69) is 62.6 Å². The number of carbonyl (C=O) groups is 1. The van der Waals surface area contributed by atoms with Crippen LogP contribution in [0, 0.1) is 0 Å². The Morgan fingerprint density at radius 2 is 1.68 bits per heavy atom. The topological polar surface area (TPSA) is 51.0 Å². The van der Waals surface area contributed by atoms with Crippen molar-refractivity contribution in [2.24, 2.45) is 9.98 Å². The number of esters is 1. The predicted molar refractivity (Wildman–Crippen MR) is 115 cm³/mol. The molecule has 0 heterocycles. The third kappa shape index (κ3) is 3.45. The van der Waals surface area contributed by atoms with Gasteiger partial charge in [0.05, 0.1) is 18.1 Å². The molecular formula is C24H32N2O2. The molecule has 4 heteroatoms. The molecule has 28 heavy (non-hydrogen) atoms. The molecule has 0 aliphatic heterocycles. The number of methoxy groups -OCH3 is 1. The Balaban J connectivity index is 2.04. The standard InChI is InChI=1S/C24H32N2O2/c1-16(20(27)28-7)15-26-21(25-6)24(12-13-24)17-8-9-18-19(14-17)23(4,5)11-10-22(18,2)3/h8-9,14-15H,6,10-13H2,1-5,7H3/b16-15+,26-21?. The highest BCUT2D eigenvalue weighted by atomic mass is 16.5. The fourth-order valence-corrected chi connectivity index (χ4v) is 4.34. The van der Waals surface area contributed by atoms with E-state index in [4.69, 9.17) is 4.74 Å². The largest absolute Gasteiger partial charge is 0.466 e. The van der Waals surface area contributed by atoms with Crippen LogP contribution in [0.1, 0.15) is 77.0 Å². The van der Waals surface area contributed by atoms with E-state index in [0.29, 0.717) is 11.4 Å². The molecule has 0 N–H and O–H groups in total. The monoisotopic (exact) mass is 380 g/mol. The van der Waals surface area contributed by atoms with E-state index < -0.39 is 0 Å². The molecule has 0 amide bonds. The van der Waals surface area contributed by atoms with E-state index in [1.807, 2.05) is 0 Å². The van der Waals surface area contributed by atoms with Crippen LogP contribution in [0.15, 0.2) is 40.0 Å². The van der Waals surface area contributed by atoms with Gasteiger partial charge in [-0.2, -0.15) is 0 Å². The first-order chi connectivity index (χ1) is 13.1. The van der Waals surface area contributed by atoms with Gasteiger partial charge in [0.25, 0.3) is 0 Å². The summed E-state index contributed by atoms with van der Waals surface area (Å²) in [4.78, 5) is 20.4. The Morgan fingerprint density at radius 3 is 2.21 bits per heavy atom. The minimum Gasteiger partial charge on any atom is -0.466 e. The second-order valence-corrected chi connectivity index (χ2v) is 9.52. The predicted octanol–water partition coefficient (Wildman–Crippen LogP) is 5.24. The van der Waals surface area contributed by atoms with Gasteiger partial charge in [-0.25, -0.2) is 14.8 Å². The van der Waals surface area contributed by atoms with Crippen molar-refractivity contribution in [3.05, 3.63) is 46.7 Å². The first-order valence-electron chi connectivity index (χ1n) is 10.0. The van der Waals surface area contributed by atoms with Crippen LogP contribution >= 0.6 is 0 Å². The van der Waals surface area contributed by atoms with E-state index >= 15 is 0 Å². The lowest BCUT2D eigenvalue weighted by Crippen LogP contribution is -2.34. The maximum absolute atomic E-state index is 11.6. The Bertz CT molecular complexity index is 871. The summed E-state index contributed by atoms with van der Waals surface area (Å²) in [7, 11) is 1.37.